The molecule has 6 nitrogen and oxygen atoms in total. The molecule has 10 heteroatoms. The van der Waals surface area contributed by atoms with Crippen LogP contribution >= 0.6 is 0 Å². The van der Waals surface area contributed by atoms with E-state index in [1.165, 1.54) is 0 Å². The number of nitro benzene ring substituents is 2. The molecule has 0 aliphatic heterocycles. The highest BCUT2D eigenvalue weighted by Crippen LogP contribution is 2.39. The van der Waals surface area contributed by atoms with E-state index in [-0.39, 0.29) is 6.07 Å². The van der Waals surface area contributed by atoms with Gasteiger partial charge in [0, 0.05) is 12.1 Å². The number of hydrogen-bond donors (Lipinski definition) is 0. The summed E-state index contributed by atoms with van der Waals surface area (Å²) in [6.07, 6.45) is -4.93. The molecule has 2 aromatic carbocycles. The lowest BCUT2D eigenvalue weighted by atomic mass is 9.98. The second-order valence-electron chi connectivity index (χ2n) is 4.44. The van der Waals surface area contributed by atoms with Crippen molar-refractivity contribution >= 4 is 11.4 Å². The molecule has 0 aliphatic carbocycles. The lowest BCUT2D eigenvalue weighted by Gasteiger charge is -2.13. The van der Waals surface area contributed by atoms with Crippen LogP contribution in [0.3, 0.4) is 0 Å². The van der Waals surface area contributed by atoms with Crippen LogP contribution in [0.5, 0.6) is 0 Å². The number of benzene rings is 2. The average molecular weight is 330 g/mol. The Hall–Kier alpha value is -3.04. The third kappa shape index (κ3) is 3.42. The van der Waals surface area contributed by atoms with Gasteiger partial charge in [0.1, 0.15) is 5.82 Å². The fraction of sp³-hybridized carbons (Fsp3) is 0.0769. The quantitative estimate of drug-likeness (QED) is 0.476. The topological polar surface area (TPSA) is 86.3 Å². The highest BCUT2D eigenvalue weighted by Gasteiger charge is 2.34. The van der Waals surface area contributed by atoms with E-state index in [0.29, 0.717) is 6.07 Å². The summed E-state index contributed by atoms with van der Waals surface area (Å²) in [6.45, 7) is 0. The summed E-state index contributed by atoms with van der Waals surface area (Å²) in [5, 5.41) is 21.6. The number of alkyl halides is 3. The van der Waals surface area contributed by atoms with Crippen molar-refractivity contribution in [3.05, 3.63) is 68.0 Å². The second-order valence-corrected chi connectivity index (χ2v) is 4.44. The predicted molar refractivity (Wildman–Crippen MR) is 70.1 cm³/mol. The average Bonchev–Trinajstić information content (AvgIpc) is 2.45. The molecule has 2 aromatic rings. The number of halogens is 4. The van der Waals surface area contributed by atoms with Gasteiger partial charge in [-0.3, -0.25) is 20.2 Å². The van der Waals surface area contributed by atoms with Gasteiger partial charge in [0.2, 0.25) is 0 Å². The maximum absolute atomic E-state index is 13.1. The molecule has 0 saturated heterocycles. The molecular formula is C13H6F4N2O4. The minimum Gasteiger partial charge on any atom is -0.258 e. The van der Waals surface area contributed by atoms with E-state index in [1.54, 1.807) is 0 Å². The fourth-order valence-corrected chi connectivity index (χ4v) is 1.96. The van der Waals surface area contributed by atoms with Gasteiger partial charge in [0.15, 0.2) is 0 Å². The van der Waals surface area contributed by atoms with Crippen LogP contribution in [-0.4, -0.2) is 9.85 Å². The molecule has 0 radical (unpaired) electrons. The molecule has 0 aliphatic rings. The van der Waals surface area contributed by atoms with Crippen molar-refractivity contribution in [2.75, 3.05) is 0 Å². The number of nitrogens with zero attached hydrogens (tertiary/aromatic N) is 2. The normalized spacial score (nSPS) is 11.3. The number of hydrogen-bond acceptors (Lipinski definition) is 4. The van der Waals surface area contributed by atoms with Gasteiger partial charge in [-0.1, -0.05) is 6.07 Å². The van der Waals surface area contributed by atoms with Crippen LogP contribution in [0.1, 0.15) is 5.56 Å². The zero-order valence-electron chi connectivity index (χ0n) is 11.0. The molecule has 0 fully saturated rings. The van der Waals surface area contributed by atoms with Crippen LogP contribution in [0, 0.1) is 26.0 Å². The zero-order valence-corrected chi connectivity index (χ0v) is 11.0. The standard InChI is InChI=1S/C13H6F4N2O4/c14-8-1-2-11(12(5-8)13(15,16)17)7-3-9(18(20)21)6-10(4-7)19(22)23/h1-6H. The van der Waals surface area contributed by atoms with Gasteiger partial charge in [0.25, 0.3) is 11.4 Å². The molecule has 0 spiro atoms. The molecule has 0 N–H and O–H groups in total. The molecule has 0 unspecified atom stereocenters. The maximum atomic E-state index is 13.1. The van der Waals surface area contributed by atoms with Crippen LogP contribution in [0.2, 0.25) is 0 Å². The van der Waals surface area contributed by atoms with E-state index >= 15 is 0 Å². The minimum absolute atomic E-state index is 0.222. The fourth-order valence-electron chi connectivity index (χ4n) is 1.96. The van der Waals surface area contributed by atoms with Gasteiger partial charge in [0.05, 0.1) is 21.5 Å². The molecular weight excluding hydrogens is 324 g/mol. The van der Waals surface area contributed by atoms with Gasteiger partial charge in [-0.05, 0) is 23.3 Å². The second kappa shape index (κ2) is 5.63. The first-order valence-corrected chi connectivity index (χ1v) is 5.90. The van der Waals surface area contributed by atoms with Crippen molar-refractivity contribution in [1.29, 1.82) is 0 Å². The summed E-state index contributed by atoms with van der Waals surface area (Å²) >= 11 is 0. The third-order valence-electron chi connectivity index (χ3n) is 2.92. The van der Waals surface area contributed by atoms with Gasteiger partial charge in [-0.25, -0.2) is 4.39 Å². The number of nitro groups is 2. The van der Waals surface area contributed by atoms with Gasteiger partial charge in [-0.15, -0.1) is 0 Å². The Morgan fingerprint density at radius 3 is 1.83 bits per heavy atom. The molecule has 0 atom stereocenters. The van der Waals surface area contributed by atoms with E-state index in [4.69, 9.17) is 0 Å². The van der Waals surface area contributed by atoms with Crippen LogP contribution in [0.15, 0.2) is 36.4 Å². The Morgan fingerprint density at radius 2 is 1.39 bits per heavy atom. The van der Waals surface area contributed by atoms with Crippen molar-refractivity contribution < 1.29 is 27.4 Å². The van der Waals surface area contributed by atoms with E-state index < -0.39 is 49.9 Å². The Balaban J connectivity index is 2.76. The van der Waals surface area contributed by atoms with Gasteiger partial charge in [-0.2, -0.15) is 13.2 Å². The molecule has 0 amide bonds. The molecule has 0 aromatic heterocycles. The maximum Gasteiger partial charge on any atom is 0.417 e. The third-order valence-corrected chi connectivity index (χ3v) is 2.92. The Kier molecular flexibility index (Phi) is 4.00. The first-order valence-electron chi connectivity index (χ1n) is 5.90. The number of rotatable bonds is 3. The van der Waals surface area contributed by atoms with E-state index in [9.17, 15) is 37.8 Å². The van der Waals surface area contributed by atoms with Crippen LogP contribution in [0.4, 0.5) is 28.9 Å². The SMILES string of the molecule is O=[N+]([O-])c1cc(-c2ccc(F)cc2C(F)(F)F)cc([N+](=O)[O-])c1. The zero-order chi connectivity index (χ0) is 17.4. The van der Waals surface area contributed by atoms with Crippen molar-refractivity contribution in [1.82, 2.24) is 0 Å². The van der Waals surface area contributed by atoms with Crippen molar-refractivity contribution in [2.45, 2.75) is 6.18 Å². The van der Waals surface area contributed by atoms with E-state index in [2.05, 4.69) is 0 Å². The number of non-ortho nitro benzene ring substituents is 2. The molecule has 120 valence electrons. The summed E-state index contributed by atoms with van der Waals surface area (Å²) < 4.78 is 52.1. The van der Waals surface area contributed by atoms with Crippen LogP contribution in [-0.2, 0) is 6.18 Å². The largest absolute Gasteiger partial charge is 0.417 e. The predicted octanol–water partition coefficient (Wildman–Crippen LogP) is 4.33. The van der Waals surface area contributed by atoms with E-state index in [0.717, 1.165) is 24.3 Å². The van der Waals surface area contributed by atoms with Gasteiger partial charge >= 0.3 is 6.18 Å². The summed E-state index contributed by atoms with van der Waals surface area (Å²) in [7, 11) is 0. The van der Waals surface area contributed by atoms with Crippen molar-refractivity contribution in [3.63, 3.8) is 0 Å². The van der Waals surface area contributed by atoms with Gasteiger partial charge < -0.3 is 0 Å². The van der Waals surface area contributed by atoms with Crippen molar-refractivity contribution in [3.8, 4) is 11.1 Å². The summed E-state index contributed by atoms with van der Waals surface area (Å²) in [6, 6.07) is 3.86. The first kappa shape index (κ1) is 16.3. The monoisotopic (exact) mass is 330 g/mol. The van der Waals surface area contributed by atoms with Crippen LogP contribution in [0.25, 0.3) is 11.1 Å². The smallest absolute Gasteiger partial charge is 0.258 e. The Labute approximate surface area is 125 Å². The molecule has 0 heterocycles. The Bertz CT molecular complexity index is 773. The lowest BCUT2D eigenvalue weighted by molar-refractivity contribution is -0.394. The van der Waals surface area contributed by atoms with Crippen LogP contribution < -0.4 is 0 Å². The molecule has 0 saturated carbocycles. The first-order chi connectivity index (χ1) is 10.6. The molecule has 23 heavy (non-hydrogen) atoms. The summed E-state index contributed by atoms with van der Waals surface area (Å²) in [5.74, 6) is -1.15. The highest BCUT2D eigenvalue weighted by molar-refractivity contribution is 5.73. The van der Waals surface area contributed by atoms with E-state index in [1.807, 2.05) is 0 Å². The summed E-state index contributed by atoms with van der Waals surface area (Å²) in [4.78, 5) is 19.7. The molecule has 2 rings (SSSR count). The summed E-state index contributed by atoms with van der Waals surface area (Å²) in [5.41, 5.74) is -3.87. The lowest BCUT2D eigenvalue weighted by Crippen LogP contribution is -2.08. The molecule has 0 bridgehead atoms. The Morgan fingerprint density at radius 1 is 0.870 bits per heavy atom. The minimum atomic E-state index is -4.93. The van der Waals surface area contributed by atoms with Crippen molar-refractivity contribution in [2.24, 2.45) is 0 Å². The highest BCUT2D eigenvalue weighted by atomic mass is 19.4.